The largest absolute Gasteiger partial charge is 0.631 e. The molecule has 0 amide bonds. The highest BCUT2D eigenvalue weighted by atomic mass is 16.5. The fourth-order valence-corrected chi connectivity index (χ4v) is 0. The second-order valence-corrected chi connectivity index (χ2v) is 0.802. The molecule has 0 aromatic rings. The Balaban J connectivity index is 0. The highest BCUT2D eigenvalue weighted by molar-refractivity contribution is 6.30. The summed E-state index contributed by atoms with van der Waals surface area (Å²) in [7, 11) is -2.17. The number of aldehydes is 1. The molecule has 4 N–H and O–H groups in total. The summed E-state index contributed by atoms with van der Waals surface area (Å²) in [6.45, 7) is 0. The number of carbonyl (C=O) groups is 2. The Kier molecular flexibility index (Phi) is 8.63. The molecule has 0 aromatic carbocycles. The van der Waals surface area contributed by atoms with E-state index in [1.807, 2.05) is 0 Å². The van der Waals surface area contributed by atoms with Crippen molar-refractivity contribution in [2.24, 2.45) is 0 Å². The Labute approximate surface area is 50.5 Å². The van der Waals surface area contributed by atoms with Crippen LogP contribution in [0.15, 0.2) is 0 Å². The van der Waals surface area contributed by atoms with E-state index in [9.17, 15) is 0 Å². The molecule has 0 spiro atoms. The number of rotatable bonds is 1. The minimum absolute atomic E-state index is 0.167. The fraction of sp³-hybridized carbons (Fsp3) is 0. The van der Waals surface area contributed by atoms with Crippen LogP contribution in [0.5, 0.6) is 0 Å². The second kappa shape index (κ2) is 7.08. The van der Waals surface area contributed by atoms with Crippen LogP contribution in [-0.2, 0) is 9.59 Å². The van der Waals surface area contributed by atoms with E-state index in [4.69, 9.17) is 29.8 Å². The Morgan fingerprint density at radius 3 is 1.44 bits per heavy atom. The maximum absolute atomic E-state index is 9.00. The van der Waals surface area contributed by atoms with E-state index in [0.717, 1.165) is 0 Å². The van der Waals surface area contributed by atoms with Gasteiger partial charge in [0.05, 0.1) is 0 Å². The van der Waals surface area contributed by atoms with Gasteiger partial charge in [-0.25, -0.2) is 4.79 Å². The lowest BCUT2D eigenvalue weighted by Crippen LogP contribution is -2.07. The zero-order chi connectivity index (χ0) is 7.86. The molecule has 0 aliphatic carbocycles. The second-order valence-electron chi connectivity index (χ2n) is 0.802. The molecule has 0 aliphatic heterocycles. The van der Waals surface area contributed by atoms with Crippen LogP contribution in [0.2, 0.25) is 0 Å². The highest BCUT2D eigenvalue weighted by Gasteiger charge is 1.92. The van der Waals surface area contributed by atoms with Gasteiger partial charge in [-0.15, -0.1) is 0 Å². The van der Waals surface area contributed by atoms with Crippen molar-refractivity contribution in [3.8, 4) is 0 Å². The summed E-state index contributed by atoms with van der Waals surface area (Å²) in [6, 6.07) is 0. The van der Waals surface area contributed by atoms with Crippen molar-refractivity contribution >= 4 is 19.6 Å². The summed E-state index contributed by atoms with van der Waals surface area (Å²) < 4.78 is 0. The topological polar surface area (TPSA) is 115 Å². The predicted octanol–water partition coefficient (Wildman–Crippen LogP) is -2.78. The van der Waals surface area contributed by atoms with E-state index in [1.54, 1.807) is 0 Å². The Hall–Kier alpha value is -0.915. The molecule has 0 rings (SSSR count). The third kappa shape index (κ3) is 156. The summed E-state index contributed by atoms with van der Waals surface area (Å²) >= 11 is 0. The SMILES string of the molecule is O=CC(=O)O.OB(O)O. The quantitative estimate of drug-likeness (QED) is 0.176. The van der Waals surface area contributed by atoms with Crippen LogP contribution >= 0.6 is 0 Å². The van der Waals surface area contributed by atoms with Crippen LogP contribution in [0.3, 0.4) is 0 Å². The molecule has 0 unspecified atom stereocenters. The maximum atomic E-state index is 9.00. The zero-order valence-electron chi connectivity index (χ0n) is 4.26. The molecule has 52 valence electrons. The normalized spacial score (nSPS) is 6.56. The van der Waals surface area contributed by atoms with Crippen LogP contribution in [0.1, 0.15) is 0 Å². The average Bonchev–Trinajstić information content (AvgIpc) is 1.65. The molecule has 0 aliphatic rings. The molecule has 0 saturated heterocycles. The van der Waals surface area contributed by atoms with Gasteiger partial charge in [0, 0.05) is 0 Å². The van der Waals surface area contributed by atoms with Gasteiger partial charge in [-0.2, -0.15) is 0 Å². The van der Waals surface area contributed by atoms with Gasteiger partial charge >= 0.3 is 13.3 Å². The summed E-state index contributed by atoms with van der Waals surface area (Å²) in [6.07, 6.45) is -0.167. The zero-order valence-corrected chi connectivity index (χ0v) is 4.26. The minimum atomic E-state index is -2.17. The van der Waals surface area contributed by atoms with Gasteiger partial charge in [-0.05, 0) is 0 Å². The fourth-order valence-electron chi connectivity index (χ4n) is 0. The monoisotopic (exact) mass is 136 g/mol. The van der Waals surface area contributed by atoms with Crippen molar-refractivity contribution < 1.29 is 29.8 Å². The molecule has 0 saturated carbocycles. The first-order valence-corrected chi connectivity index (χ1v) is 1.73. The van der Waals surface area contributed by atoms with Gasteiger partial charge in [0.25, 0.3) is 0 Å². The lowest BCUT2D eigenvalue weighted by molar-refractivity contribution is -0.143. The van der Waals surface area contributed by atoms with E-state index < -0.39 is 13.3 Å². The molecule has 7 heteroatoms. The van der Waals surface area contributed by atoms with E-state index in [-0.39, 0.29) is 6.29 Å². The number of hydrogen-bond donors (Lipinski definition) is 4. The van der Waals surface area contributed by atoms with Crippen molar-refractivity contribution in [3.05, 3.63) is 0 Å². The van der Waals surface area contributed by atoms with Crippen LogP contribution in [0, 0.1) is 0 Å². The van der Waals surface area contributed by atoms with Crippen molar-refractivity contribution in [1.29, 1.82) is 0 Å². The van der Waals surface area contributed by atoms with Gasteiger partial charge in [0.15, 0.2) is 0 Å². The smallest absolute Gasteiger partial charge is 0.476 e. The molecule has 0 atom stereocenters. The first-order valence-electron chi connectivity index (χ1n) is 1.73. The molecule has 9 heavy (non-hydrogen) atoms. The highest BCUT2D eigenvalue weighted by Crippen LogP contribution is 1.40. The van der Waals surface area contributed by atoms with Crippen molar-refractivity contribution in [1.82, 2.24) is 0 Å². The van der Waals surface area contributed by atoms with Gasteiger partial charge in [0.1, 0.15) is 0 Å². The van der Waals surface area contributed by atoms with Gasteiger partial charge < -0.3 is 20.2 Å². The third-order valence-corrected chi connectivity index (χ3v) is 0.101. The molecule has 0 radical (unpaired) electrons. The maximum Gasteiger partial charge on any atom is 0.631 e. The van der Waals surface area contributed by atoms with E-state index in [1.165, 1.54) is 0 Å². The molecule has 0 fully saturated rings. The van der Waals surface area contributed by atoms with Crippen molar-refractivity contribution in [2.75, 3.05) is 0 Å². The van der Waals surface area contributed by atoms with Gasteiger partial charge in [-0.3, -0.25) is 4.79 Å². The average molecular weight is 136 g/mol. The molecule has 0 heterocycles. The van der Waals surface area contributed by atoms with Crippen LogP contribution in [0.4, 0.5) is 0 Å². The van der Waals surface area contributed by atoms with Crippen LogP contribution in [0.25, 0.3) is 0 Å². The third-order valence-electron chi connectivity index (χ3n) is 0.101. The standard InChI is InChI=1S/C2H2O3.BH3O3/c3-1-2(4)5;2-1(3)4/h1H,(H,4,5);2-4H. The Morgan fingerprint density at radius 2 is 1.44 bits per heavy atom. The molecule has 6 nitrogen and oxygen atoms in total. The molecular formula is C2H5BO6. The first-order chi connectivity index (χ1) is 4.00. The van der Waals surface area contributed by atoms with Crippen LogP contribution < -0.4 is 0 Å². The summed E-state index contributed by atoms with van der Waals surface area (Å²) in [5, 5.41) is 28.9. The molecular weight excluding hydrogens is 131 g/mol. The number of carboxylic acids is 1. The molecule has 0 bridgehead atoms. The number of carboxylic acid groups (broad SMARTS) is 1. The summed E-state index contributed by atoms with van der Waals surface area (Å²) in [5.74, 6) is -1.43. The predicted molar refractivity (Wildman–Crippen MR) is 26.1 cm³/mol. The lowest BCUT2D eigenvalue weighted by Gasteiger charge is -1.69. The minimum Gasteiger partial charge on any atom is -0.476 e. The van der Waals surface area contributed by atoms with Gasteiger partial charge in [0.2, 0.25) is 6.29 Å². The Morgan fingerprint density at radius 1 is 1.33 bits per heavy atom. The Bertz CT molecular complexity index is 86.3. The summed E-state index contributed by atoms with van der Waals surface area (Å²) in [5.41, 5.74) is 0. The summed E-state index contributed by atoms with van der Waals surface area (Å²) in [4.78, 5) is 17.9. The van der Waals surface area contributed by atoms with E-state index >= 15 is 0 Å². The van der Waals surface area contributed by atoms with Crippen LogP contribution in [-0.4, -0.2) is 39.8 Å². The van der Waals surface area contributed by atoms with E-state index in [0.29, 0.717) is 0 Å². The van der Waals surface area contributed by atoms with E-state index in [2.05, 4.69) is 0 Å². The number of hydrogen-bond acceptors (Lipinski definition) is 5. The molecule has 0 aromatic heterocycles. The number of aliphatic carboxylic acids is 1. The first kappa shape index (κ1) is 11.0. The number of carbonyl (C=O) groups excluding carboxylic acids is 1. The van der Waals surface area contributed by atoms with Crippen molar-refractivity contribution in [3.63, 3.8) is 0 Å². The lowest BCUT2D eigenvalue weighted by atomic mass is 10.3. The van der Waals surface area contributed by atoms with Gasteiger partial charge in [-0.1, -0.05) is 0 Å². The van der Waals surface area contributed by atoms with Crippen molar-refractivity contribution in [2.45, 2.75) is 0 Å².